The number of aliphatic hydroxyl groups excluding tert-OH is 1. The number of aliphatic hydroxyl groups is 2. The van der Waals surface area contributed by atoms with Crippen LogP contribution in [-0.2, 0) is 0 Å². The summed E-state index contributed by atoms with van der Waals surface area (Å²) >= 11 is 0. The molecule has 1 saturated carbocycles. The molecule has 1 aromatic heterocycles. The number of carbonyl (C=O) groups is 1. The van der Waals surface area contributed by atoms with E-state index in [1.165, 1.54) is 12.8 Å². The lowest BCUT2D eigenvalue weighted by Crippen LogP contribution is -2.40. The lowest BCUT2D eigenvalue weighted by molar-refractivity contribution is 0.0415. The fraction of sp³-hybridized carbons (Fsp3) is 0.500. The van der Waals surface area contributed by atoms with Crippen LogP contribution >= 0.6 is 0 Å². The largest absolute Gasteiger partial charge is 0.396 e. The summed E-state index contributed by atoms with van der Waals surface area (Å²) in [6.45, 7) is 3.86. The number of H-pyrrole nitrogens is 1. The van der Waals surface area contributed by atoms with Crippen LogP contribution in [0.25, 0.3) is 11.1 Å². The van der Waals surface area contributed by atoms with Gasteiger partial charge in [-0.05, 0) is 57.2 Å². The van der Waals surface area contributed by atoms with Gasteiger partial charge in [0.25, 0.3) is 5.91 Å². The first-order valence-corrected chi connectivity index (χ1v) is 9.18. The molecule has 4 N–H and O–H groups in total. The van der Waals surface area contributed by atoms with Gasteiger partial charge < -0.3 is 15.5 Å². The predicted octanol–water partition coefficient (Wildman–Crippen LogP) is 2.52. The van der Waals surface area contributed by atoms with E-state index in [0.29, 0.717) is 24.3 Å². The molecule has 1 aliphatic rings. The molecule has 1 atom stereocenters. The van der Waals surface area contributed by atoms with Gasteiger partial charge in [0, 0.05) is 35.9 Å². The zero-order chi connectivity index (χ0) is 18.7. The van der Waals surface area contributed by atoms with Gasteiger partial charge in [-0.1, -0.05) is 12.1 Å². The van der Waals surface area contributed by atoms with Crippen LogP contribution in [0.1, 0.15) is 60.3 Å². The molecule has 0 saturated heterocycles. The molecular weight excluding hydrogens is 330 g/mol. The summed E-state index contributed by atoms with van der Waals surface area (Å²) in [5.41, 5.74) is 3.91. The van der Waals surface area contributed by atoms with Crippen molar-refractivity contribution in [1.29, 1.82) is 0 Å². The standard InChI is InChI=1S/C20H27N3O3/c1-13-17(18(23-22-13)15-6-7-15)14-4-8-16(9-5-14)19(25)21-12-20(2,26)10-3-11-24/h4-5,8-9,15,24,26H,3,6-7,10-12H2,1-2H3,(H,21,25)(H,22,23)/t20-/m0/s1. The Labute approximate surface area is 153 Å². The summed E-state index contributed by atoms with van der Waals surface area (Å²) in [7, 11) is 0. The molecule has 0 radical (unpaired) electrons. The quantitative estimate of drug-likeness (QED) is 0.583. The molecule has 1 heterocycles. The third kappa shape index (κ3) is 4.31. The third-order valence-electron chi connectivity index (χ3n) is 4.88. The molecule has 0 unspecified atom stereocenters. The van der Waals surface area contributed by atoms with Crippen molar-refractivity contribution in [1.82, 2.24) is 15.5 Å². The lowest BCUT2D eigenvalue weighted by atomic mass is 9.99. The zero-order valence-electron chi connectivity index (χ0n) is 15.4. The van der Waals surface area contributed by atoms with Crippen molar-refractivity contribution in [3.05, 3.63) is 41.2 Å². The molecule has 1 fully saturated rings. The molecule has 1 amide bonds. The van der Waals surface area contributed by atoms with Crippen LogP contribution in [-0.4, -0.2) is 45.1 Å². The number of hydrogen-bond donors (Lipinski definition) is 4. The summed E-state index contributed by atoms with van der Waals surface area (Å²) in [5.74, 6) is 0.339. The Morgan fingerprint density at radius 1 is 1.35 bits per heavy atom. The van der Waals surface area contributed by atoms with Gasteiger partial charge in [0.05, 0.1) is 11.3 Å². The first-order chi connectivity index (χ1) is 12.4. The van der Waals surface area contributed by atoms with E-state index in [1.807, 2.05) is 19.1 Å². The highest BCUT2D eigenvalue weighted by atomic mass is 16.3. The highest BCUT2D eigenvalue weighted by Crippen LogP contribution is 2.44. The summed E-state index contributed by atoms with van der Waals surface area (Å²) < 4.78 is 0. The normalized spacial score (nSPS) is 16.3. The van der Waals surface area contributed by atoms with Crippen molar-refractivity contribution in [3.63, 3.8) is 0 Å². The molecule has 0 bridgehead atoms. The van der Waals surface area contributed by atoms with Crippen LogP contribution < -0.4 is 5.32 Å². The predicted molar refractivity (Wildman–Crippen MR) is 100 cm³/mol. The molecular formula is C20H27N3O3. The van der Waals surface area contributed by atoms with Gasteiger partial charge >= 0.3 is 0 Å². The molecule has 1 aliphatic carbocycles. The maximum absolute atomic E-state index is 12.3. The molecule has 0 aliphatic heterocycles. The van der Waals surface area contributed by atoms with Gasteiger partial charge in [0.2, 0.25) is 0 Å². The van der Waals surface area contributed by atoms with Crippen molar-refractivity contribution in [2.24, 2.45) is 0 Å². The SMILES string of the molecule is Cc1[nH]nc(C2CC2)c1-c1ccc(C(=O)NC[C@@](C)(O)CCCO)cc1. The van der Waals surface area contributed by atoms with E-state index in [9.17, 15) is 9.90 Å². The Balaban J connectivity index is 1.66. The number of nitrogens with one attached hydrogen (secondary N) is 2. The fourth-order valence-corrected chi connectivity index (χ4v) is 3.17. The number of rotatable bonds is 8. The first kappa shape index (κ1) is 18.6. The van der Waals surface area contributed by atoms with Gasteiger partial charge in [-0.3, -0.25) is 9.89 Å². The highest BCUT2D eigenvalue weighted by molar-refractivity contribution is 5.94. The Hall–Kier alpha value is -2.18. The number of nitrogens with zero attached hydrogens (tertiary/aromatic N) is 1. The molecule has 1 aromatic carbocycles. The topological polar surface area (TPSA) is 98.2 Å². The van der Waals surface area contributed by atoms with Crippen LogP contribution in [0, 0.1) is 6.92 Å². The number of carbonyl (C=O) groups excluding carboxylic acids is 1. The summed E-state index contributed by atoms with van der Waals surface area (Å²) in [6.07, 6.45) is 3.32. The Kier molecular flexibility index (Phi) is 5.44. The van der Waals surface area contributed by atoms with Crippen LogP contribution in [0.5, 0.6) is 0 Å². The summed E-state index contributed by atoms with van der Waals surface area (Å²) in [4.78, 5) is 12.3. The molecule has 26 heavy (non-hydrogen) atoms. The Morgan fingerprint density at radius 2 is 2.04 bits per heavy atom. The van der Waals surface area contributed by atoms with Crippen LogP contribution in [0.15, 0.2) is 24.3 Å². The first-order valence-electron chi connectivity index (χ1n) is 9.18. The van der Waals surface area contributed by atoms with Crippen molar-refractivity contribution >= 4 is 5.91 Å². The van der Waals surface area contributed by atoms with Crippen LogP contribution in [0.3, 0.4) is 0 Å². The van der Waals surface area contributed by atoms with Crippen molar-refractivity contribution in [3.8, 4) is 11.1 Å². The maximum Gasteiger partial charge on any atom is 0.251 e. The molecule has 140 valence electrons. The second-order valence-corrected chi connectivity index (χ2v) is 7.47. The van der Waals surface area contributed by atoms with E-state index < -0.39 is 5.60 Å². The van der Waals surface area contributed by atoms with Crippen LogP contribution in [0.4, 0.5) is 0 Å². The van der Waals surface area contributed by atoms with E-state index in [-0.39, 0.29) is 19.1 Å². The van der Waals surface area contributed by atoms with Crippen molar-refractivity contribution < 1.29 is 15.0 Å². The number of hydrogen-bond acceptors (Lipinski definition) is 4. The number of amides is 1. The minimum Gasteiger partial charge on any atom is -0.396 e. The molecule has 0 spiro atoms. The van der Waals surface area contributed by atoms with Gasteiger partial charge in [0.1, 0.15) is 0 Å². The molecule has 2 aromatic rings. The van der Waals surface area contributed by atoms with Gasteiger partial charge in [-0.2, -0.15) is 5.10 Å². The minimum absolute atomic E-state index is 0.0296. The summed E-state index contributed by atoms with van der Waals surface area (Å²) in [5, 5.41) is 29.3. The highest BCUT2D eigenvalue weighted by Gasteiger charge is 2.30. The second kappa shape index (κ2) is 7.60. The van der Waals surface area contributed by atoms with Crippen molar-refractivity contribution in [2.75, 3.05) is 13.2 Å². The third-order valence-corrected chi connectivity index (χ3v) is 4.88. The van der Waals surface area contributed by atoms with E-state index >= 15 is 0 Å². The zero-order valence-corrected chi connectivity index (χ0v) is 15.4. The Bertz CT molecular complexity index is 761. The van der Waals surface area contributed by atoms with Crippen LogP contribution in [0.2, 0.25) is 0 Å². The number of aromatic nitrogens is 2. The fourth-order valence-electron chi connectivity index (χ4n) is 3.17. The average Bonchev–Trinajstić information content (AvgIpc) is 3.40. The van der Waals surface area contributed by atoms with E-state index in [4.69, 9.17) is 5.11 Å². The smallest absolute Gasteiger partial charge is 0.251 e. The Morgan fingerprint density at radius 3 is 2.65 bits per heavy atom. The average molecular weight is 357 g/mol. The van der Waals surface area contributed by atoms with E-state index in [0.717, 1.165) is 22.5 Å². The monoisotopic (exact) mass is 357 g/mol. The van der Waals surface area contributed by atoms with E-state index in [2.05, 4.69) is 15.5 Å². The van der Waals surface area contributed by atoms with Gasteiger partial charge in [0.15, 0.2) is 0 Å². The molecule has 6 heteroatoms. The molecule has 6 nitrogen and oxygen atoms in total. The maximum atomic E-state index is 12.3. The minimum atomic E-state index is -1.02. The van der Waals surface area contributed by atoms with E-state index in [1.54, 1.807) is 19.1 Å². The second-order valence-electron chi connectivity index (χ2n) is 7.47. The number of aromatic amines is 1. The number of benzene rings is 1. The lowest BCUT2D eigenvalue weighted by Gasteiger charge is -2.23. The summed E-state index contributed by atoms with van der Waals surface area (Å²) in [6, 6.07) is 7.50. The van der Waals surface area contributed by atoms with Gasteiger partial charge in [-0.25, -0.2) is 0 Å². The molecule has 3 rings (SSSR count). The van der Waals surface area contributed by atoms with Crippen molar-refractivity contribution in [2.45, 2.75) is 51.0 Å². The van der Waals surface area contributed by atoms with Gasteiger partial charge in [-0.15, -0.1) is 0 Å². The number of aryl methyl sites for hydroxylation is 1.